The normalized spacial score (nSPS) is 32.2. The van der Waals surface area contributed by atoms with Gasteiger partial charge in [-0.2, -0.15) is 0 Å². The van der Waals surface area contributed by atoms with Crippen LogP contribution in [-0.4, -0.2) is 41.1 Å². The summed E-state index contributed by atoms with van der Waals surface area (Å²) in [5.41, 5.74) is -0.0488. The number of rotatable bonds is 8. The second-order valence-corrected chi connectivity index (χ2v) is 9.42. The van der Waals surface area contributed by atoms with Gasteiger partial charge in [0.2, 0.25) is 5.91 Å². The molecule has 4 fully saturated rings. The predicted molar refractivity (Wildman–Crippen MR) is 101 cm³/mol. The number of amides is 3. The van der Waals surface area contributed by atoms with Gasteiger partial charge in [-0.3, -0.25) is 4.79 Å². The third-order valence-corrected chi connectivity index (χ3v) is 6.39. The maximum Gasteiger partial charge on any atom is 0.326 e. The van der Waals surface area contributed by atoms with Gasteiger partial charge in [0.05, 0.1) is 0 Å². The Morgan fingerprint density at radius 3 is 2.07 bits per heavy atom. The number of aliphatic carboxylic acids is 1. The van der Waals surface area contributed by atoms with Gasteiger partial charge in [0.25, 0.3) is 0 Å². The van der Waals surface area contributed by atoms with Gasteiger partial charge in [0, 0.05) is 18.5 Å². The molecular formula is C20H33N3O4. The Bertz CT molecular complexity index is 554. The molecule has 4 N–H and O–H groups in total. The number of carboxylic acids is 1. The molecule has 27 heavy (non-hydrogen) atoms. The molecule has 3 amide bonds. The molecule has 0 aromatic carbocycles. The van der Waals surface area contributed by atoms with Gasteiger partial charge >= 0.3 is 12.0 Å². The fourth-order valence-corrected chi connectivity index (χ4v) is 5.80. The topological polar surface area (TPSA) is 108 Å². The summed E-state index contributed by atoms with van der Waals surface area (Å²) in [4.78, 5) is 35.5. The first-order valence-corrected chi connectivity index (χ1v) is 10.3. The van der Waals surface area contributed by atoms with Crippen molar-refractivity contribution in [1.29, 1.82) is 0 Å². The van der Waals surface area contributed by atoms with E-state index in [1.807, 2.05) is 13.8 Å². The van der Waals surface area contributed by atoms with Crippen LogP contribution in [0.4, 0.5) is 4.79 Å². The third kappa shape index (κ3) is 5.14. The molecule has 7 nitrogen and oxygen atoms in total. The summed E-state index contributed by atoms with van der Waals surface area (Å²) in [6.07, 6.45) is 7.70. The number of hydrogen-bond acceptors (Lipinski definition) is 3. The lowest BCUT2D eigenvalue weighted by Crippen LogP contribution is -2.61. The van der Waals surface area contributed by atoms with Crippen LogP contribution in [0.1, 0.15) is 65.2 Å². The summed E-state index contributed by atoms with van der Waals surface area (Å²) in [6.45, 7) is 4.04. The van der Waals surface area contributed by atoms with Crippen molar-refractivity contribution in [2.45, 2.75) is 76.8 Å². The highest BCUT2D eigenvalue weighted by atomic mass is 16.4. The van der Waals surface area contributed by atoms with Crippen LogP contribution in [0.5, 0.6) is 0 Å². The van der Waals surface area contributed by atoms with Gasteiger partial charge in [-0.05, 0) is 68.6 Å². The van der Waals surface area contributed by atoms with Crippen molar-refractivity contribution in [3.63, 3.8) is 0 Å². The third-order valence-electron chi connectivity index (χ3n) is 6.39. The number of carbonyl (C=O) groups is 3. The summed E-state index contributed by atoms with van der Waals surface area (Å²) < 4.78 is 0. The van der Waals surface area contributed by atoms with E-state index in [-0.39, 0.29) is 36.4 Å². The van der Waals surface area contributed by atoms with E-state index in [1.165, 1.54) is 19.3 Å². The lowest BCUT2D eigenvalue weighted by atomic mass is 9.53. The Morgan fingerprint density at radius 2 is 1.59 bits per heavy atom. The fraction of sp³-hybridized carbons (Fsp3) is 0.850. The Kier molecular flexibility index (Phi) is 5.96. The molecule has 4 saturated carbocycles. The highest BCUT2D eigenvalue weighted by Gasteiger charge is 2.51. The summed E-state index contributed by atoms with van der Waals surface area (Å²) >= 11 is 0. The molecule has 152 valence electrons. The van der Waals surface area contributed by atoms with Crippen molar-refractivity contribution in [2.75, 3.05) is 6.54 Å². The van der Waals surface area contributed by atoms with E-state index in [4.69, 9.17) is 0 Å². The van der Waals surface area contributed by atoms with E-state index in [0.29, 0.717) is 6.42 Å². The van der Waals surface area contributed by atoms with Gasteiger partial charge in [0.1, 0.15) is 6.04 Å². The molecule has 4 aliphatic rings. The van der Waals surface area contributed by atoms with Crippen molar-refractivity contribution >= 4 is 17.9 Å². The zero-order chi connectivity index (χ0) is 19.6. The van der Waals surface area contributed by atoms with Crippen molar-refractivity contribution < 1.29 is 19.5 Å². The molecule has 0 heterocycles. The Labute approximate surface area is 161 Å². The summed E-state index contributed by atoms with van der Waals surface area (Å²) in [7, 11) is 0. The molecule has 4 rings (SSSR count). The van der Waals surface area contributed by atoms with Crippen LogP contribution in [0, 0.1) is 23.7 Å². The van der Waals surface area contributed by atoms with E-state index in [0.717, 1.165) is 37.0 Å². The molecule has 1 atom stereocenters. The van der Waals surface area contributed by atoms with Gasteiger partial charge in [-0.25, -0.2) is 9.59 Å². The van der Waals surface area contributed by atoms with Crippen molar-refractivity contribution in [2.24, 2.45) is 23.7 Å². The maximum absolute atomic E-state index is 12.3. The first kappa shape index (κ1) is 20.0. The van der Waals surface area contributed by atoms with Crippen LogP contribution < -0.4 is 16.0 Å². The second kappa shape index (κ2) is 8.07. The Morgan fingerprint density at radius 1 is 1.04 bits per heavy atom. The monoisotopic (exact) mass is 379 g/mol. The van der Waals surface area contributed by atoms with Crippen LogP contribution in [0.3, 0.4) is 0 Å². The summed E-state index contributed by atoms with van der Waals surface area (Å²) in [5, 5.41) is 17.7. The van der Waals surface area contributed by atoms with Crippen LogP contribution in [0.2, 0.25) is 0 Å². The molecule has 0 saturated heterocycles. The Hall–Kier alpha value is -1.79. The molecule has 0 aliphatic heterocycles. The highest BCUT2D eigenvalue weighted by Crippen LogP contribution is 2.55. The second-order valence-electron chi connectivity index (χ2n) is 9.42. The van der Waals surface area contributed by atoms with Crippen molar-refractivity contribution in [3.05, 3.63) is 0 Å². The van der Waals surface area contributed by atoms with E-state index in [2.05, 4.69) is 16.0 Å². The molecule has 4 bridgehead atoms. The minimum absolute atomic E-state index is 0.0488. The van der Waals surface area contributed by atoms with Crippen LogP contribution >= 0.6 is 0 Å². The van der Waals surface area contributed by atoms with Crippen molar-refractivity contribution in [3.8, 4) is 0 Å². The number of carbonyl (C=O) groups excluding carboxylic acids is 2. The summed E-state index contributed by atoms with van der Waals surface area (Å²) in [6, 6.07) is -1.08. The number of nitrogens with one attached hydrogen (secondary N) is 3. The number of hydrogen-bond donors (Lipinski definition) is 4. The average Bonchev–Trinajstić information content (AvgIpc) is 2.51. The lowest BCUT2D eigenvalue weighted by Gasteiger charge is -2.56. The average molecular weight is 380 g/mol. The van der Waals surface area contributed by atoms with Crippen LogP contribution in [-0.2, 0) is 9.59 Å². The molecule has 0 spiro atoms. The minimum atomic E-state index is -1.02. The first-order chi connectivity index (χ1) is 12.7. The van der Waals surface area contributed by atoms with E-state index in [9.17, 15) is 19.5 Å². The van der Waals surface area contributed by atoms with Gasteiger partial charge < -0.3 is 21.1 Å². The lowest BCUT2D eigenvalue weighted by molar-refractivity contribution is -0.142. The van der Waals surface area contributed by atoms with E-state index < -0.39 is 12.0 Å². The van der Waals surface area contributed by atoms with Crippen molar-refractivity contribution in [1.82, 2.24) is 16.0 Å². The zero-order valence-corrected chi connectivity index (χ0v) is 16.4. The van der Waals surface area contributed by atoms with Gasteiger partial charge in [0.15, 0.2) is 0 Å². The zero-order valence-electron chi connectivity index (χ0n) is 16.4. The smallest absolute Gasteiger partial charge is 0.326 e. The fourth-order valence-electron chi connectivity index (χ4n) is 5.80. The molecule has 4 aliphatic carbocycles. The van der Waals surface area contributed by atoms with E-state index in [1.54, 1.807) is 0 Å². The molecule has 0 radical (unpaired) electrons. The SMILES string of the molecule is CC(C)C[C@H](NC(=O)CCNC(=O)NC12CC3CC(CC(C3)C1)C2)C(=O)O. The Balaban J connectivity index is 1.39. The van der Waals surface area contributed by atoms with Gasteiger partial charge in [-0.1, -0.05) is 13.8 Å². The quantitative estimate of drug-likeness (QED) is 0.519. The number of carboxylic acid groups (broad SMARTS) is 1. The predicted octanol–water partition coefficient (Wildman–Crippen LogP) is 2.26. The molecule has 0 unspecified atom stereocenters. The van der Waals surface area contributed by atoms with E-state index >= 15 is 0 Å². The summed E-state index contributed by atoms with van der Waals surface area (Å²) in [5.74, 6) is 1.09. The first-order valence-electron chi connectivity index (χ1n) is 10.3. The largest absolute Gasteiger partial charge is 0.480 e. The van der Waals surface area contributed by atoms with Crippen LogP contribution in [0.25, 0.3) is 0 Å². The molecule has 0 aromatic rings. The van der Waals surface area contributed by atoms with Gasteiger partial charge in [-0.15, -0.1) is 0 Å². The number of urea groups is 1. The highest BCUT2D eigenvalue weighted by molar-refractivity contribution is 5.84. The van der Waals surface area contributed by atoms with Crippen LogP contribution in [0.15, 0.2) is 0 Å². The maximum atomic E-state index is 12.3. The molecule has 7 heteroatoms. The molecule has 0 aromatic heterocycles. The molecular weight excluding hydrogens is 346 g/mol. The minimum Gasteiger partial charge on any atom is -0.480 e. The standard InChI is InChI=1S/C20H33N3O4/c1-12(2)5-16(18(25)26)22-17(24)3-4-21-19(27)23-20-9-13-6-14(10-20)8-15(7-13)11-20/h12-16H,3-11H2,1-2H3,(H,22,24)(H,25,26)(H2,21,23,27)/t13?,14?,15?,16-,20?/m0/s1.